The molecule has 0 rings (SSSR count). The van der Waals surface area contributed by atoms with Gasteiger partial charge >= 0.3 is 6.18 Å². The summed E-state index contributed by atoms with van der Waals surface area (Å²) in [6, 6.07) is -0.114. The molecule has 0 aliphatic rings. The smallest absolute Gasteiger partial charge is 0.311 e. The lowest BCUT2D eigenvalue weighted by molar-refractivity contribution is -0.153. The number of nitrogens with zero attached hydrogens (tertiary/aromatic N) is 1. The summed E-state index contributed by atoms with van der Waals surface area (Å²) in [6.45, 7) is 14.3. The van der Waals surface area contributed by atoms with Crippen LogP contribution in [-0.2, 0) is 0 Å². The highest BCUT2D eigenvalue weighted by atomic mass is 19.4. The topological polar surface area (TPSA) is 15.3 Å². The fourth-order valence-electron chi connectivity index (χ4n) is 1.91. The van der Waals surface area contributed by atoms with Gasteiger partial charge < -0.3 is 5.32 Å². The van der Waals surface area contributed by atoms with Crippen LogP contribution in [0.15, 0.2) is 0 Å². The first kappa shape index (κ1) is 19.7. The lowest BCUT2D eigenvalue weighted by atomic mass is 9.85. The lowest BCUT2D eigenvalue weighted by Gasteiger charge is -2.39. The van der Waals surface area contributed by atoms with E-state index in [1.54, 1.807) is 0 Å². The molecule has 5 heteroatoms. The summed E-state index contributed by atoms with van der Waals surface area (Å²) in [5.74, 6) is 0. The molecule has 0 amide bonds. The SMILES string of the molecule is CCC(C)(CNC(C)(C)C)CN(CC(F)(F)F)C(C)C. The summed E-state index contributed by atoms with van der Waals surface area (Å²) in [4.78, 5) is 1.52. The second-order valence-electron chi connectivity index (χ2n) is 7.38. The molecule has 0 heterocycles. The van der Waals surface area contributed by atoms with E-state index in [0.29, 0.717) is 13.1 Å². The van der Waals surface area contributed by atoms with Gasteiger partial charge in [-0.25, -0.2) is 0 Å². The van der Waals surface area contributed by atoms with Gasteiger partial charge in [0, 0.05) is 24.7 Å². The molecule has 0 aromatic carbocycles. The maximum Gasteiger partial charge on any atom is 0.401 e. The van der Waals surface area contributed by atoms with Crippen molar-refractivity contribution >= 4 is 0 Å². The molecule has 20 heavy (non-hydrogen) atoms. The second-order valence-corrected chi connectivity index (χ2v) is 7.38. The normalized spacial score (nSPS) is 16.8. The van der Waals surface area contributed by atoms with Crippen LogP contribution in [0, 0.1) is 5.41 Å². The number of rotatable bonds is 7. The van der Waals surface area contributed by atoms with Gasteiger partial charge in [0.2, 0.25) is 0 Å². The van der Waals surface area contributed by atoms with E-state index in [2.05, 4.69) is 33.0 Å². The van der Waals surface area contributed by atoms with Crippen molar-refractivity contribution in [3.8, 4) is 0 Å². The minimum Gasteiger partial charge on any atom is -0.311 e. The first-order valence-electron chi connectivity index (χ1n) is 7.34. The van der Waals surface area contributed by atoms with Crippen LogP contribution in [0.1, 0.15) is 54.9 Å². The van der Waals surface area contributed by atoms with Crippen molar-refractivity contribution < 1.29 is 13.2 Å². The Balaban J connectivity index is 4.77. The van der Waals surface area contributed by atoms with E-state index in [0.717, 1.165) is 6.42 Å². The highest BCUT2D eigenvalue weighted by molar-refractivity contribution is 4.85. The van der Waals surface area contributed by atoms with Crippen LogP contribution in [0.25, 0.3) is 0 Å². The number of hydrogen-bond donors (Lipinski definition) is 1. The van der Waals surface area contributed by atoms with Crippen molar-refractivity contribution in [2.45, 2.75) is 72.6 Å². The maximum atomic E-state index is 12.7. The second kappa shape index (κ2) is 7.12. The van der Waals surface area contributed by atoms with Gasteiger partial charge in [0.15, 0.2) is 0 Å². The van der Waals surface area contributed by atoms with E-state index in [9.17, 15) is 13.2 Å². The number of halogens is 3. The van der Waals surface area contributed by atoms with Gasteiger partial charge in [-0.3, -0.25) is 4.90 Å². The van der Waals surface area contributed by atoms with E-state index in [1.807, 2.05) is 20.8 Å². The molecule has 2 nitrogen and oxygen atoms in total. The minimum absolute atomic E-state index is 0.0247. The summed E-state index contributed by atoms with van der Waals surface area (Å²) in [5, 5.41) is 3.41. The van der Waals surface area contributed by atoms with Crippen molar-refractivity contribution in [3.05, 3.63) is 0 Å². The van der Waals surface area contributed by atoms with Gasteiger partial charge in [0.05, 0.1) is 6.54 Å². The molecule has 122 valence electrons. The van der Waals surface area contributed by atoms with Crippen molar-refractivity contribution in [2.24, 2.45) is 5.41 Å². The van der Waals surface area contributed by atoms with Crippen LogP contribution in [0.5, 0.6) is 0 Å². The average Bonchev–Trinajstić information content (AvgIpc) is 2.23. The van der Waals surface area contributed by atoms with E-state index < -0.39 is 12.7 Å². The predicted octanol–water partition coefficient (Wildman–Crippen LogP) is 4.06. The fraction of sp³-hybridized carbons (Fsp3) is 1.00. The molecule has 0 fully saturated rings. The van der Waals surface area contributed by atoms with Crippen molar-refractivity contribution in [2.75, 3.05) is 19.6 Å². The lowest BCUT2D eigenvalue weighted by Crippen LogP contribution is -2.50. The van der Waals surface area contributed by atoms with Crippen LogP contribution in [0.2, 0.25) is 0 Å². The van der Waals surface area contributed by atoms with Crippen LogP contribution < -0.4 is 5.32 Å². The molecule has 0 bridgehead atoms. The van der Waals surface area contributed by atoms with Crippen molar-refractivity contribution in [3.63, 3.8) is 0 Å². The van der Waals surface area contributed by atoms with Gasteiger partial charge in [-0.05, 0) is 46.5 Å². The van der Waals surface area contributed by atoms with Gasteiger partial charge in [0.1, 0.15) is 0 Å². The van der Waals surface area contributed by atoms with E-state index in [-0.39, 0.29) is 17.0 Å². The van der Waals surface area contributed by atoms with Crippen molar-refractivity contribution in [1.82, 2.24) is 10.2 Å². The van der Waals surface area contributed by atoms with Crippen LogP contribution in [-0.4, -0.2) is 42.3 Å². The Hall–Kier alpha value is -0.290. The standard InChI is InChI=1S/C15H31F3N2/c1-8-14(7,9-19-13(4,5)6)10-20(12(2)3)11-15(16,17)18/h12,19H,8-11H2,1-7H3. The van der Waals surface area contributed by atoms with Gasteiger partial charge in [-0.15, -0.1) is 0 Å². The third-order valence-corrected chi connectivity index (χ3v) is 3.60. The predicted molar refractivity (Wildman–Crippen MR) is 78.9 cm³/mol. The molecule has 0 aromatic rings. The van der Waals surface area contributed by atoms with E-state index in [4.69, 9.17) is 0 Å². The molecular weight excluding hydrogens is 265 g/mol. The Morgan fingerprint density at radius 3 is 1.80 bits per heavy atom. The van der Waals surface area contributed by atoms with E-state index in [1.165, 1.54) is 4.90 Å². The first-order chi connectivity index (χ1) is 8.78. The number of nitrogens with one attached hydrogen (secondary N) is 1. The molecule has 0 aliphatic carbocycles. The highest BCUT2D eigenvalue weighted by Gasteiger charge is 2.35. The molecule has 0 spiro atoms. The zero-order valence-corrected chi connectivity index (χ0v) is 14.0. The number of hydrogen-bond acceptors (Lipinski definition) is 2. The zero-order chi connectivity index (χ0) is 16.2. The van der Waals surface area contributed by atoms with Crippen molar-refractivity contribution in [1.29, 1.82) is 0 Å². The van der Waals surface area contributed by atoms with Gasteiger partial charge in [0.25, 0.3) is 0 Å². The quantitative estimate of drug-likeness (QED) is 0.762. The summed E-state index contributed by atoms with van der Waals surface area (Å²) in [5.41, 5.74) is -0.189. The Kier molecular flexibility index (Phi) is 7.02. The Bertz CT molecular complexity index is 282. The molecular formula is C15H31F3N2. The summed E-state index contributed by atoms with van der Waals surface area (Å²) < 4.78 is 38.0. The Morgan fingerprint density at radius 2 is 1.50 bits per heavy atom. The monoisotopic (exact) mass is 296 g/mol. The Labute approximate surface area is 122 Å². The minimum atomic E-state index is -4.14. The highest BCUT2D eigenvalue weighted by Crippen LogP contribution is 2.26. The summed E-state index contributed by atoms with van der Waals surface area (Å²) >= 11 is 0. The van der Waals surface area contributed by atoms with E-state index >= 15 is 0 Å². The molecule has 0 saturated heterocycles. The Morgan fingerprint density at radius 1 is 1.00 bits per heavy atom. The van der Waals surface area contributed by atoms with Gasteiger partial charge in [-0.1, -0.05) is 13.8 Å². The maximum absolute atomic E-state index is 12.7. The third kappa shape index (κ3) is 8.80. The molecule has 0 radical (unpaired) electrons. The molecule has 1 atom stereocenters. The largest absolute Gasteiger partial charge is 0.401 e. The zero-order valence-electron chi connectivity index (χ0n) is 14.0. The van der Waals surface area contributed by atoms with Crippen LogP contribution in [0.3, 0.4) is 0 Å². The summed E-state index contributed by atoms with van der Waals surface area (Å²) in [7, 11) is 0. The van der Waals surface area contributed by atoms with Gasteiger partial charge in [-0.2, -0.15) is 13.2 Å². The molecule has 1 N–H and O–H groups in total. The van der Waals surface area contributed by atoms with Crippen LogP contribution in [0.4, 0.5) is 13.2 Å². The summed E-state index contributed by atoms with van der Waals surface area (Å²) in [6.07, 6.45) is -3.30. The molecule has 0 saturated carbocycles. The molecule has 0 aliphatic heterocycles. The van der Waals surface area contributed by atoms with Crippen LogP contribution >= 0.6 is 0 Å². The fourth-order valence-corrected chi connectivity index (χ4v) is 1.91. The average molecular weight is 296 g/mol. The number of alkyl halides is 3. The third-order valence-electron chi connectivity index (χ3n) is 3.60. The molecule has 1 unspecified atom stereocenters. The first-order valence-corrected chi connectivity index (χ1v) is 7.34. The molecule has 0 aromatic heterocycles.